The molecule has 0 saturated heterocycles. The summed E-state index contributed by atoms with van der Waals surface area (Å²) in [5.74, 6) is -9.55. The lowest BCUT2D eigenvalue weighted by Gasteiger charge is -2.54. The van der Waals surface area contributed by atoms with Gasteiger partial charge in [-0.05, 0) is 23.7 Å². The van der Waals surface area contributed by atoms with Crippen LogP contribution in [0.25, 0.3) is 5.57 Å². The first kappa shape index (κ1) is 22.2. The minimum Gasteiger partial charge on any atom is -0.508 e. The number of aliphatic hydroxyl groups excluding tert-OH is 3. The Labute approximate surface area is 182 Å². The molecule has 170 valence electrons. The standard InChI is InChI=1S/C22H24N2O8/c1-3-24-15-14-17(27)10-7(2)8-5-4-6-9(25)11(8)16(26)12(10)19(29)22(14,32)20(30)13(18(15)28)21(23)31/h4-6,10,13-15,17-18,24-25,27-29,32H,2-3H2,1H3,(H2,23,31)/t10?,13?,14?,15-,17?,18?,22?/m0/s1. The van der Waals surface area contributed by atoms with Crippen molar-refractivity contribution < 1.29 is 39.9 Å². The third-order valence-corrected chi connectivity index (χ3v) is 6.86. The number of nitrogens with one attached hydrogen (secondary N) is 1. The number of phenols is 1. The van der Waals surface area contributed by atoms with Crippen LogP contribution < -0.4 is 11.1 Å². The molecule has 0 aliphatic heterocycles. The molecule has 0 spiro atoms. The quantitative estimate of drug-likeness (QED) is 0.280. The van der Waals surface area contributed by atoms with Crippen molar-refractivity contribution in [3.8, 4) is 5.75 Å². The normalized spacial score (nSPS) is 36.4. The molecule has 1 aromatic rings. The van der Waals surface area contributed by atoms with E-state index in [0.29, 0.717) is 0 Å². The van der Waals surface area contributed by atoms with E-state index < -0.39 is 76.2 Å². The van der Waals surface area contributed by atoms with Gasteiger partial charge in [0.15, 0.2) is 17.2 Å². The largest absolute Gasteiger partial charge is 0.508 e. The van der Waals surface area contributed by atoms with Crippen LogP contribution in [0.4, 0.5) is 0 Å². The van der Waals surface area contributed by atoms with Crippen LogP contribution >= 0.6 is 0 Å². The molecule has 1 amide bonds. The Bertz CT molecular complexity index is 1100. The van der Waals surface area contributed by atoms with Gasteiger partial charge in [0.25, 0.3) is 0 Å². The van der Waals surface area contributed by atoms with Crippen molar-refractivity contribution >= 4 is 23.0 Å². The molecule has 7 atom stereocenters. The molecule has 10 heteroatoms. The Morgan fingerprint density at radius 2 is 1.88 bits per heavy atom. The third-order valence-electron chi connectivity index (χ3n) is 6.86. The highest BCUT2D eigenvalue weighted by molar-refractivity contribution is 6.19. The highest BCUT2D eigenvalue weighted by Crippen LogP contribution is 2.54. The summed E-state index contributed by atoms with van der Waals surface area (Å²) in [6.45, 7) is 5.81. The number of nitrogens with two attached hydrogens (primary N) is 1. The van der Waals surface area contributed by atoms with Gasteiger partial charge in [-0.2, -0.15) is 0 Å². The van der Waals surface area contributed by atoms with Gasteiger partial charge in [0.05, 0.1) is 23.3 Å². The number of benzene rings is 1. The third kappa shape index (κ3) is 2.58. The number of carbonyl (C=O) groups is 3. The van der Waals surface area contributed by atoms with Crippen molar-refractivity contribution in [3.63, 3.8) is 0 Å². The van der Waals surface area contributed by atoms with E-state index in [2.05, 4.69) is 11.9 Å². The molecule has 1 saturated carbocycles. The number of carbonyl (C=O) groups excluding carboxylic acids is 3. The van der Waals surface area contributed by atoms with Crippen molar-refractivity contribution in [1.82, 2.24) is 5.32 Å². The zero-order chi connectivity index (χ0) is 23.7. The van der Waals surface area contributed by atoms with E-state index in [1.165, 1.54) is 18.2 Å². The smallest absolute Gasteiger partial charge is 0.230 e. The van der Waals surface area contributed by atoms with Crippen LogP contribution in [0.5, 0.6) is 5.75 Å². The van der Waals surface area contributed by atoms with Crippen molar-refractivity contribution in [2.24, 2.45) is 23.5 Å². The van der Waals surface area contributed by atoms with Crippen molar-refractivity contribution in [1.29, 1.82) is 0 Å². The number of amides is 1. The van der Waals surface area contributed by atoms with Crippen molar-refractivity contribution in [3.05, 3.63) is 47.2 Å². The van der Waals surface area contributed by atoms with E-state index in [9.17, 15) is 39.9 Å². The van der Waals surface area contributed by atoms with E-state index in [1.807, 2.05) is 0 Å². The average molecular weight is 444 g/mol. The average Bonchev–Trinajstić information content (AvgIpc) is 2.72. The second kappa shape index (κ2) is 7.24. The van der Waals surface area contributed by atoms with Gasteiger partial charge in [0.2, 0.25) is 5.91 Å². The molecule has 0 aromatic heterocycles. The van der Waals surface area contributed by atoms with Gasteiger partial charge in [-0.1, -0.05) is 25.6 Å². The minimum atomic E-state index is -2.88. The van der Waals surface area contributed by atoms with Gasteiger partial charge in [-0.15, -0.1) is 0 Å². The van der Waals surface area contributed by atoms with Crippen molar-refractivity contribution in [2.75, 3.05) is 6.54 Å². The molecule has 1 fully saturated rings. The summed E-state index contributed by atoms with van der Waals surface area (Å²) in [6.07, 6.45) is -3.35. The van der Waals surface area contributed by atoms with Crippen LogP contribution in [0.3, 0.4) is 0 Å². The van der Waals surface area contributed by atoms with Crippen LogP contribution in [0, 0.1) is 17.8 Å². The molecule has 8 N–H and O–H groups in total. The zero-order valence-electron chi connectivity index (χ0n) is 17.1. The highest BCUT2D eigenvalue weighted by Gasteiger charge is 2.68. The van der Waals surface area contributed by atoms with Crippen LogP contribution in [0.2, 0.25) is 0 Å². The van der Waals surface area contributed by atoms with E-state index in [-0.39, 0.29) is 23.2 Å². The fraction of sp³-hybridized carbons (Fsp3) is 0.409. The molecule has 32 heavy (non-hydrogen) atoms. The lowest BCUT2D eigenvalue weighted by atomic mass is 9.54. The fourth-order valence-electron chi connectivity index (χ4n) is 5.46. The topological polar surface area (TPSA) is 190 Å². The predicted molar refractivity (Wildman–Crippen MR) is 110 cm³/mol. The number of aromatic hydroxyl groups is 1. The molecule has 4 rings (SSSR count). The molecule has 6 unspecified atom stereocenters. The lowest BCUT2D eigenvalue weighted by Crippen LogP contribution is -2.74. The first-order valence-electron chi connectivity index (χ1n) is 10.1. The number of rotatable bonds is 3. The van der Waals surface area contributed by atoms with E-state index >= 15 is 0 Å². The summed E-state index contributed by atoms with van der Waals surface area (Å²) in [5.41, 5.74) is 2.15. The Morgan fingerprint density at radius 1 is 1.22 bits per heavy atom. The number of primary amides is 1. The number of likely N-dealkylation sites (N-methyl/N-ethyl adjacent to an activating group) is 1. The zero-order valence-corrected chi connectivity index (χ0v) is 17.1. The van der Waals surface area contributed by atoms with Gasteiger partial charge < -0.3 is 36.6 Å². The van der Waals surface area contributed by atoms with Crippen LogP contribution in [-0.2, 0) is 9.59 Å². The summed E-state index contributed by atoms with van der Waals surface area (Å²) in [7, 11) is 0. The van der Waals surface area contributed by atoms with E-state index in [4.69, 9.17) is 5.73 Å². The number of hydrogen-bond acceptors (Lipinski definition) is 9. The molecule has 1 aromatic carbocycles. The predicted octanol–water partition coefficient (Wildman–Crippen LogP) is -1.22. The maximum atomic E-state index is 13.3. The summed E-state index contributed by atoms with van der Waals surface area (Å²) < 4.78 is 0. The van der Waals surface area contributed by atoms with E-state index in [1.54, 1.807) is 6.92 Å². The molecule has 3 aliphatic rings. The monoisotopic (exact) mass is 444 g/mol. The van der Waals surface area contributed by atoms with Gasteiger partial charge in [0.1, 0.15) is 17.4 Å². The van der Waals surface area contributed by atoms with Crippen molar-refractivity contribution in [2.45, 2.75) is 30.8 Å². The number of Topliss-reactive ketones (excluding diaryl/α,β-unsaturated/α-hetero) is 2. The van der Waals surface area contributed by atoms with Gasteiger partial charge in [-0.3, -0.25) is 14.4 Å². The van der Waals surface area contributed by atoms with Gasteiger partial charge in [0, 0.05) is 17.9 Å². The summed E-state index contributed by atoms with van der Waals surface area (Å²) in [5, 5.41) is 57.7. The maximum Gasteiger partial charge on any atom is 0.230 e. The van der Waals surface area contributed by atoms with Crippen LogP contribution in [-0.4, -0.2) is 73.4 Å². The second-order valence-corrected chi connectivity index (χ2v) is 8.40. The Balaban J connectivity index is 2.02. The molecule has 0 radical (unpaired) electrons. The molecule has 3 aliphatic carbocycles. The SMILES string of the molecule is C=C1c2cccc(O)c2C(=O)C2=C(O)C3(O)C(=O)C(C(N)=O)C(O)[C@@H](NCC)C3C(O)C12. The Hall–Kier alpha value is -3.05. The highest BCUT2D eigenvalue weighted by atomic mass is 16.4. The maximum absolute atomic E-state index is 13.3. The van der Waals surface area contributed by atoms with Gasteiger partial charge in [-0.25, -0.2) is 0 Å². The number of hydrogen-bond donors (Lipinski definition) is 7. The number of ketones is 2. The molecular weight excluding hydrogens is 420 g/mol. The molecule has 10 nitrogen and oxygen atoms in total. The van der Waals surface area contributed by atoms with E-state index in [0.717, 1.165) is 0 Å². The molecular formula is C22H24N2O8. The fourth-order valence-corrected chi connectivity index (χ4v) is 5.46. The lowest BCUT2D eigenvalue weighted by molar-refractivity contribution is -0.183. The van der Waals surface area contributed by atoms with Crippen LogP contribution in [0.1, 0.15) is 22.8 Å². The number of aliphatic hydroxyl groups is 4. The first-order chi connectivity index (χ1) is 15.0. The molecule has 0 bridgehead atoms. The number of fused-ring (bicyclic) bond motifs is 3. The summed E-state index contributed by atoms with van der Waals surface area (Å²) >= 11 is 0. The second-order valence-electron chi connectivity index (χ2n) is 8.40. The Kier molecular flexibility index (Phi) is 5.01. The molecule has 0 heterocycles. The summed E-state index contributed by atoms with van der Waals surface area (Å²) in [6, 6.07) is 3.03. The Morgan fingerprint density at radius 3 is 2.47 bits per heavy atom. The summed E-state index contributed by atoms with van der Waals surface area (Å²) in [4.78, 5) is 38.4. The van der Waals surface area contributed by atoms with Crippen LogP contribution in [0.15, 0.2) is 36.1 Å². The minimum absolute atomic E-state index is 0.181. The van der Waals surface area contributed by atoms with Gasteiger partial charge >= 0.3 is 0 Å². The number of phenolic OH excluding ortho intramolecular Hbond substituents is 1. The first-order valence-corrected chi connectivity index (χ1v) is 10.1.